The number of hydrogen-bond acceptors (Lipinski definition) is 4. The Morgan fingerprint density at radius 2 is 1.85 bits per heavy atom. The zero-order valence-electron chi connectivity index (χ0n) is 19.6. The quantitative estimate of drug-likeness (QED) is 0.696. The van der Waals surface area contributed by atoms with Gasteiger partial charge in [0.25, 0.3) is 5.91 Å². The van der Waals surface area contributed by atoms with E-state index in [9.17, 15) is 19.5 Å². The Balaban J connectivity index is 1.88. The SMILES string of the molecule is CN(C)C(=O)[C@H]1CC[C@H](NC(=O)c2cnc3cc(Cl)ccc3c2)[C@H](N(C(=O)O)C(C)(C)C)C1. The second-order valence-electron chi connectivity index (χ2n) is 9.77. The lowest BCUT2D eigenvalue weighted by molar-refractivity contribution is -0.135. The van der Waals surface area contributed by atoms with Crippen LogP contribution in [0.5, 0.6) is 0 Å². The molecule has 0 aliphatic heterocycles. The Hall–Kier alpha value is -2.87. The third-order valence-corrected chi connectivity index (χ3v) is 6.33. The number of hydrogen-bond donors (Lipinski definition) is 2. The Morgan fingerprint density at radius 3 is 2.45 bits per heavy atom. The highest BCUT2D eigenvalue weighted by Crippen LogP contribution is 2.33. The van der Waals surface area contributed by atoms with E-state index in [1.807, 2.05) is 20.8 Å². The molecule has 2 N–H and O–H groups in total. The average Bonchev–Trinajstić information content (AvgIpc) is 2.72. The molecular weight excluding hydrogens is 444 g/mol. The van der Waals surface area contributed by atoms with Gasteiger partial charge in [-0.1, -0.05) is 17.7 Å². The molecule has 0 radical (unpaired) electrons. The van der Waals surface area contributed by atoms with Crippen molar-refractivity contribution in [2.45, 2.75) is 57.7 Å². The van der Waals surface area contributed by atoms with Crippen LogP contribution in [0, 0.1) is 5.92 Å². The number of benzene rings is 1. The summed E-state index contributed by atoms with van der Waals surface area (Å²) in [5.74, 6) is -0.651. The maximum atomic E-state index is 13.1. The molecule has 3 atom stereocenters. The zero-order valence-corrected chi connectivity index (χ0v) is 20.4. The molecule has 9 heteroatoms. The van der Waals surface area contributed by atoms with Crippen LogP contribution in [-0.4, -0.2) is 69.5 Å². The lowest BCUT2D eigenvalue weighted by Crippen LogP contribution is -2.61. The molecule has 0 spiro atoms. The number of carboxylic acid groups (broad SMARTS) is 1. The third-order valence-electron chi connectivity index (χ3n) is 6.09. The summed E-state index contributed by atoms with van der Waals surface area (Å²) in [6.45, 7) is 5.45. The molecule has 2 aromatic rings. The highest BCUT2D eigenvalue weighted by Gasteiger charge is 2.43. The van der Waals surface area contributed by atoms with Crippen LogP contribution in [0.4, 0.5) is 4.79 Å². The van der Waals surface area contributed by atoms with Crippen LogP contribution >= 0.6 is 11.6 Å². The van der Waals surface area contributed by atoms with Crippen LogP contribution in [0.3, 0.4) is 0 Å². The third kappa shape index (κ3) is 5.55. The number of pyridine rings is 1. The van der Waals surface area contributed by atoms with Crippen molar-refractivity contribution in [2.24, 2.45) is 5.92 Å². The fraction of sp³-hybridized carbons (Fsp3) is 0.500. The van der Waals surface area contributed by atoms with Crippen molar-refractivity contribution in [3.8, 4) is 0 Å². The minimum Gasteiger partial charge on any atom is -0.465 e. The van der Waals surface area contributed by atoms with Gasteiger partial charge in [-0.25, -0.2) is 4.79 Å². The molecule has 1 aliphatic rings. The first-order valence-electron chi connectivity index (χ1n) is 11.0. The molecule has 178 valence electrons. The van der Waals surface area contributed by atoms with Crippen molar-refractivity contribution in [3.05, 3.63) is 41.0 Å². The summed E-state index contributed by atoms with van der Waals surface area (Å²) in [5, 5.41) is 14.4. The molecule has 1 heterocycles. The summed E-state index contributed by atoms with van der Waals surface area (Å²) in [6.07, 6.45) is 1.83. The van der Waals surface area contributed by atoms with Crippen molar-refractivity contribution in [3.63, 3.8) is 0 Å². The Morgan fingerprint density at radius 1 is 1.15 bits per heavy atom. The first kappa shape index (κ1) is 24.8. The van der Waals surface area contributed by atoms with Crippen molar-refractivity contribution in [1.29, 1.82) is 0 Å². The van der Waals surface area contributed by atoms with Gasteiger partial charge in [0.15, 0.2) is 0 Å². The van der Waals surface area contributed by atoms with Gasteiger partial charge in [0.1, 0.15) is 0 Å². The normalized spacial score (nSPS) is 20.8. The van der Waals surface area contributed by atoms with Crippen LogP contribution in [-0.2, 0) is 4.79 Å². The summed E-state index contributed by atoms with van der Waals surface area (Å²) in [6, 6.07) is 6.03. The second kappa shape index (κ2) is 9.55. The predicted molar refractivity (Wildman–Crippen MR) is 127 cm³/mol. The zero-order chi connectivity index (χ0) is 24.5. The largest absolute Gasteiger partial charge is 0.465 e. The number of fused-ring (bicyclic) bond motifs is 1. The number of nitrogens with zero attached hydrogens (tertiary/aromatic N) is 3. The molecule has 1 aromatic carbocycles. The first-order valence-corrected chi connectivity index (χ1v) is 11.4. The van der Waals surface area contributed by atoms with Gasteiger partial charge in [0.2, 0.25) is 5.91 Å². The van der Waals surface area contributed by atoms with Crippen molar-refractivity contribution >= 4 is 40.4 Å². The van der Waals surface area contributed by atoms with E-state index in [1.54, 1.807) is 38.4 Å². The molecule has 0 bridgehead atoms. The van der Waals surface area contributed by atoms with E-state index in [2.05, 4.69) is 10.3 Å². The van der Waals surface area contributed by atoms with Gasteiger partial charge in [-0.05, 0) is 58.2 Å². The Bertz CT molecular complexity index is 1070. The Labute approximate surface area is 198 Å². The molecule has 0 unspecified atom stereocenters. The van der Waals surface area contributed by atoms with E-state index in [-0.39, 0.29) is 17.7 Å². The van der Waals surface area contributed by atoms with Gasteiger partial charge in [-0.2, -0.15) is 0 Å². The number of nitrogens with one attached hydrogen (secondary N) is 1. The van der Waals surface area contributed by atoms with Gasteiger partial charge in [0.05, 0.1) is 17.1 Å². The average molecular weight is 475 g/mol. The van der Waals surface area contributed by atoms with E-state index in [1.165, 1.54) is 16.0 Å². The van der Waals surface area contributed by atoms with Gasteiger partial charge in [0, 0.05) is 48.2 Å². The number of amides is 3. The van der Waals surface area contributed by atoms with E-state index in [0.717, 1.165) is 5.39 Å². The van der Waals surface area contributed by atoms with Gasteiger partial charge < -0.3 is 15.3 Å². The van der Waals surface area contributed by atoms with Gasteiger partial charge >= 0.3 is 6.09 Å². The standard InChI is InChI=1S/C24H31ClN4O4/c1-24(2,3)29(23(32)33)20-11-15(22(31)28(4)5)7-9-18(20)27-21(30)16-10-14-6-8-17(25)12-19(14)26-13-16/h6,8,10,12-13,15,18,20H,7,9,11H2,1-5H3,(H,27,30)(H,32,33)/t15-,18-,20+/m0/s1. The van der Waals surface area contributed by atoms with Crippen LogP contribution in [0.15, 0.2) is 30.5 Å². The van der Waals surface area contributed by atoms with Crippen LogP contribution in [0.1, 0.15) is 50.4 Å². The van der Waals surface area contributed by atoms with Crippen LogP contribution in [0.2, 0.25) is 5.02 Å². The smallest absolute Gasteiger partial charge is 0.408 e. The minimum atomic E-state index is -1.08. The highest BCUT2D eigenvalue weighted by molar-refractivity contribution is 6.31. The highest BCUT2D eigenvalue weighted by atomic mass is 35.5. The number of carbonyl (C=O) groups is 3. The molecule has 1 aliphatic carbocycles. The summed E-state index contributed by atoms with van der Waals surface area (Å²) in [7, 11) is 3.40. The molecule has 3 amide bonds. The summed E-state index contributed by atoms with van der Waals surface area (Å²) < 4.78 is 0. The molecular formula is C24H31ClN4O4. The topological polar surface area (TPSA) is 103 Å². The first-order chi connectivity index (χ1) is 15.4. The molecule has 8 nitrogen and oxygen atoms in total. The number of halogens is 1. The Kier molecular flexibility index (Phi) is 7.17. The lowest BCUT2D eigenvalue weighted by atomic mass is 9.79. The lowest BCUT2D eigenvalue weighted by Gasteiger charge is -2.47. The van der Waals surface area contributed by atoms with Crippen molar-refractivity contribution in [2.75, 3.05) is 14.1 Å². The van der Waals surface area contributed by atoms with E-state index >= 15 is 0 Å². The van der Waals surface area contributed by atoms with Crippen molar-refractivity contribution in [1.82, 2.24) is 20.1 Å². The van der Waals surface area contributed by atoms with Crippen LogP contribution in [0.25, 0.3) is 10.9 Å². The molecule has 1 saturated carbocycles. The minimum absolute atomic E-state index is 0.0265. The number of aromatic nitrogens is 1. The van der Waals surface area contributed by atoms with E-state index in [0.29, 0.717) is 35.4 Å². The van der Waals surface area contributed by atoms with Gasteiger partial charge in [-0.3, -0.25) is 19.5 Å². The summed E-state index contributed by atoms with van der Waals surface area (Å²) >= 11 is 6.01. The maximum absolute atomic E-state index is 13.1. The summed E-state index contributed by atoms with van der Waals surface area (Å²) in [5.41, 5.74) is 0.365. The molecule has 0 saturated heterocycles. The van der Waals surface area contributed by atoms with E-state index in [4.69, 9.17) is 11.6 Å². The maximum Gasteiger partial charge on any atom is 0.408 e. The molecule has 1 aromatic heterocycles. The van der Waals surface area contributed by atoms with Crippen molar-refractivity contribution < 1.29 is 19.5 Å². The van der Waals surface area contributed by atoms with Gasteiger partial charge in [-0.15, -0.1) is 0 Å². The fourth-order valence-electron chi connectivity index (χ4n) is 4.59. The van der Waals surface area contributed by atoms with E-state index < -0.39 is 23.7 Å². The molecule has 1 fully saturated rings. The van der Waals surface area contributed by atoms with Crippen LogP contribution < -0.4 is 5.32 Å². The monoisotopic (exact) mass is 474 g/mol. The molecule has 33 heavy (non-hydrogen) atoms. The number of carbonyl (C=O) groups excluding carboxylic acids is 2. The summed E-state index contributed by atoms with van der Waals surface area (Å²) in [4.78, 5) is 45.2. The second-order valence-corrected chi connectivity index (χ2v) is 10.2. The fourth-order valence-corrected chi connectivity index (χ4v) is 4.75. The number of rotatable bonds is 4. The molecule has 3 rings (SSSR count). The predicted octanol–water partition coefficient (Wildman–Crippen LogP) is 4.02.